The van der Waals surface area contributed by atoms with Gasteiger partial charge in [0, 0.05) is 35.3 Å². The number of carbonyl (C=O) groups is 1. The molecule has 2 aromatic carbocycles. The maximum Gasteiger partial charge on any atom is 0.246 e. The van der Waals surface area contributed by atoms with Crippen molar-refractivity contribution >= 4 is 16.8 Å². The van der Waals surface area contributed by atoms with Gasteiger partial charge in [-0.05, 0) is 36.2 Å². The normalized spacial score (nSPS) is 12.4. The highest BCUT2D eigenvalue weighted by Gasteiger charge is 2.16. The van der Waals surface area contributed by atoms with Gasteiger partial charge in [0.25, 0.3) is 0 Å². The second-order valence-corrected chi connectivity index (χ2v) is 7.20. The fourth-order valence-corrected chi connectivity index (χ4v) is 3.54. The van der Waals surface area contributed by atoms with E-state index in [-0.39, 0.29) is 25.9 Å². The van der Waals surface area contributed by atoms with Crippen molar-refractivity contribution in [1.82, 2.24) is 15.5 Å². The van der Waals surface area contributed by atoms with E-state index < -0.39 is 0 Å². The lowest BCUT2D eigenvalue weighted by atomic mass is 10.1. The van der Waals surface area contributed by atoms with Crippen LogP contribution < -0.4 is 14.8 Å². The number of aromatic nitrogens is 2. The molecule has 8 heteroatoms. The van der Waals surface area contributed by atoms with Crippen LogP contribution in [0.3, 0.4) is 0 Å². The van der Waals surface area contributed by atoms with E-state index in [0.29, 0.717) is 29.5 Å². The molecule has 0 fully saturated rings. The summed E-state index contributed by atoms with van der Waals surface area (Å²) in [4.78, 5) is 15.3. The highest BCUT2D eigenvalue weighted by atomic mass is 16.7. The van der Waals surface area contributed by atoms with E-state index in [4.69, 9.17) is 18.7 Å². The third-order valence-electron chi connectivity index (χ3n) is 5.09. The molecule has 1 aliphatic heterocycles. The van der Waals surface area contributed by atoms with Crippen LogP contribution in [-0.2, 0) is 22.6 Å². The smallest absolute Gasteiger partial charge is 0.246 e. The first-order valence-corrected chi connectivity index (χ1v) is 10.0. The number of nitrogens with zero attached hydrogens (tertiary/aromatic N) is 1. The number of ether oxygens (including phenoxy) is 3. The standard InChI is InChI=1S/C23H21N3O5/c27-23(24-8-7-16-11-25-19-4-2-1-3-18(16)19)13-28-12-17-10-21(31-26-17)15-5-6-20-22(9-15)30-14-29-20/h1-6,9-11,25H,7-8,12-14H2,(H,24,27). The molecule has 0 atom stereocenters. The molecule has 4 aromatic rings. The van der Waals surface area contributed by atoms with Crippen LogP contribution in [0, 0.1) is 0 Å². The Balaban J connectivity index is 1.07. The lowest BCUT2D eigenvalue weighted by Crippen LogP contribution is -2.29. The summed E-state index contributed by atoms with van der Waals surface area (Å²) in [6.45, 7) is 0.907. The third kappa shape index (κ3) is 4.24. The molecule has 0 spiro atoms. The van der Waals surface area contributed by atoms with E-state index in [0.717, 1.165) is 17.5 Å². The molecule has 0 saturated carbocycles. The zero-order valence-electron chi connectivity index (χ0n) is 16.7. The molecular formula is C23H21N3O5. The number of amides is 1. The Labute approximate surface area is 178 Å². The van der Waals surface area contributed by atoms with Gasteiger partial charge in [0.2, 0.25) is 12.7 Å². The highest BCUT2D eigenvalue weighted by molar-refractivity contribution is 5.83. The number of para-hydroxylation sites is 1. The van der Waals surface area contributed by atoms with Crippen LogP contribution in [0.1, 0.15) is 11.3 Å². The van der Waals surface area contributed by atoms with Crippen LogP contribution in [0.15, 0.2) is 59.3 Å². The van der Waals surface area contributed by atoms with Gasteiger partial charge in [-0.25, -0.2) is 0 Å². The molecule has 5 rings (SSSR count). The lowest BCUT2D eigenvalue weighted by Gasteiger charge is -2.05. The largest absolute Gasteiger partial charge is 0.454 e. The van der Waals surface area contributed by atoms with E-state index in [1.807, 2.05) is 42.6 Å². The first-order valence-electron chi connectivity index (χ1n) is 10.0. The van der Waals surface area contributed by atoms with Crippen molar-refractivity contribution in [1.29, 1.82) is 0 Å². The third-order valence-corrected chi connectivity index (χ3v) is 5.09. The van der Waals surface area contributed by atoms with Gasteiger partial charge in [-0.2, -0.15) is 0 Å². The van der Waals surface area contributed by atoms with Gasteiger partial charge >= 0.3 is 0 Å². The van der Waals surface area contributed by atoms with Crippen molar-refractivity contribution in [3.05, 3.63) is 66.0 Å². The van der Waals surface area contributed by atoms with Crippen LogP contribution in [0.2, 0.25) is 0 Å². The Morgan fingerprint density at radius 3 is 3.00 bits per heavy atom. The number of rotatable bonds is 8. The van der Waals surface area contributed by atoms with E-state index in [9.17, 15) is 4.79 Å². The van der Waals surface area contributed by atoms with Crippen LogP contribution in [0.5, 0.6) is 11.5 Å². The number of H-pyrrole nitrogens is 1. The van der Waals surface area contributed by atoms with Crippen LogP contribution in [-0.4, -0.2) is 36.0 Å². The van der Waals surface area contributed by atoms with E-state index in [1.165, 1.54) is 10.9 Å². The Morgan fingerprint density at radius 1 is 1.13 bits per heavy atom. The van der Waals surface area contributed by atoms with Gasteiger partial charge < -0.3 is 29.0 Å². The first kappa shape index (κ1) is 19.2. The molecule has 0 saturated heterocycles. The zero-order valence-corrected chi connectivity index (χ0v) is 16.7. The summed E-state index contributed by atoms with van der Waals surface area (Å²) in [5.41, 5.74) is 3.72. The van der Waals surface area contributed by atoms with Gasteiger partial charge in [0.1, 0.15) is 12.3 Å². The van der Waals surface area contributed by atoms with E-state index in [1.54, 1.807) is 6.07 Å². The van der Waals surface area contributed by atoms with Gasteiger partial charge in [-0.1, -0.05) is 23.4 Å². The quantitative estimate of drug-likeness (QED) is 0.454. The minimum absolute atomic E-state index is 0.0416. The summed E-state index contributed by atoms with van der Waals surface area (Å²) in [5, 5.41) is 8.06. The SMILES string of the molecule is O=C(COCc1cc(-c2ccc3c(c2)OCO3)on1)NCCc1c[nH]c2ccccc12. The van der Waals surface area contributed by atoms with Crippen molar-refractivity contribution in [2.45, 2.75) is 13.0 Å². The summed E-state index contributed by atoms with van der Waals surface area (Å²) >= 11 is 0. The minimum Gasteiger partial charge on any atom is -0.454 e. The molecule has 0 aliphatic carbocycles. The Bertz CT molecular complexity index is 1210. The molecule has 2 aromatic heterocycles. The van der Waals surface area contributed by atoms with Crippen molar-refractivity contribution in [3.8, 4) is 22.8 Å². The molecule has 0 unspecified atom stereocenters. The van der Waals surface area contributed by atoms with Gasteiger partial charge in [0.15, 0.2) is 17.3 Å². The molecule has 3 heterocycles. The summed E-state index contributed by atoms with van der Waals surface area (Å²) in [6, 6.07) is 15.4. The predicted octanol–water partition coefficient (Wildman–Crippen LogP) is 3.43. The Hall–Kier alpha value is -3.78. The molecule has 1 amide bonds. The zero-order chi connectivity index (χ0) is 21.0. The number of hydrogen-bond acceptors (Lipinski definition) is 6. The number of aromatic amines is 1. The number of benzene rings is 2. The summed E-state index contributed by atoms with van der Waals surface area (Å²) < 4.78 is 21.5. The lowest BCUT2D eigenvalue weighted by molar-refractivity contribution is -0.126. The summed E-state index contributed by atoms with van der Waals surface area (Å²) in [7, 11) is 0. The van der Waals surface area contributed by atoms with E-state index in [2.05, 4.69) is 21.5 Å². The minimum atomic E-state index is -0.167. The molecule has 2 N–H and O–H groups in total. The molecule has 0 radical (unpaired) electrons. The monoisotopic (exact) mass is 419 g/mol. The fraction of sp³-hybridized carbons (Fsp3) is 0.217. The molecule has 0 bridgehead atoms. The van der Waals surface area contributed by atoms with E-state index >= 15 is 0 Å². The second kappa shape index (κ2) is 8.53. The average molecular weight is 419 g/mol. The number of carbonyl (C=O) groups excluding carboxylic acids is 1. The Morgan fingerprint density at radius 2 is 2.03 bits per heavy atom. The van der Waals surface area contributed by atoms with Gasteiger partial charge in [0.05, 0.1) is 6.61 Å². The average Bonchev–Trinajstić information content (AvgIpc) is 3.53. The van der Waals surface area contributed by atoms with Gasteiger partial charge in [-0.3, -0.25) is 4.79 Å². The first-order chi connectivity index (χ1) is 15.3. The number of fused-ring (bicyclic) bond motifs is 2. The maximum absolute atomic E-state index is 12.0. The Kier molecular flexibility index (Phi) is 5.28. The maximum atomic E-state index is 12.0. The topological polar surface area (TPSA) is 98.6 Å². The van der Waals surface area contributed by atoms with Crippen LogP contribution in [0.4, 0.5) is 0 Å². The van der Waals surface area contributed by atoms with Crippen molar-refractivity contribution in [2.75, 3.05) is 19.9 Å². The predicted molar refractivity (Wildman–Crippen MR) is 113 cm³/mol. The number of nitrogens with one attached hydrogen (secondary N) is 2. The molecule has 8 nitrogen and oxygen atoms in total. The van der Waals surface area contributed by atoms with Crippen molar-refractivity contribution < 1.29 is 23.5 Å². The van der Waals surface area contributed by atoms with Crippen molar-refractivity contribution in [2.24, 2.45) is 0 Å². The van der Waals surface area contributed by atoms with Crippen LogP contribution in [0.25, 0.3) is 22.2 Å². The molecule has 158 valence electrons. The summed E-state index contributed by atoms with van der Waals surface area (Å²) in [5.74, 6) is 1.82. The van der Waals surface area contributed by atoms with Crippen molar-refractivity contribution in [3.63, 3.8) is 0 Å². The fourth-order valence-electron chi connectivity index (χ4n) is 3.54. The van der Waals surface area contributed by atoms with Crippen LogP contribution >= 0.6 is 0 Å². The molecular weight excluding hydrogens is 398 g/mol. The second-order valence-electron chi connectivity index (χ2n) is 7.20. The van der Waals surface area contributed by atoms with Gasteiger partial charge in [-0.15, -0.1) is 0 Å². The summed E-state index contributed by atoms with van der Waals surface area (Å²) in [6.07, 6.45) is 2.73. The number of hydrogen-bond donors (Lipinski definition) is 2. The molecule has 31 heavy (non-hydrogen) atoms. The highest BCUT2D eigenvalue weighted by Crippen LogP contribution is 2.36. The molecule has 1 aliphatic rings.